The molecule has 1 atom stereocenters. The molecule has 0 saturated heterocycles. The summed E-state index contributed by atoms with van der Waals surface area (Å²) >= 11 is 0. The van der Waals surface area contributed by atoms with Crippen LogP contribution in [0.25, 0.3) is 10.9 Å². The average Bonchev–Trinajstić information content (AvgIpc) is 2.97. The smallest absolute Gasteiger partial charge is 0.319 e. The highest BCUT2D eigenvalue weighted by atomic mass is 16.5. The minimum Gasteiger partial charge on any atom is -0.497 e. The number of aromatic nitrogens is 1. The van der Waals surface area contributed by atoms with Gasteiger partial charge in [-0.3, -0.25) is 0 Å². The van der Waals surface area contributed by atoms with E-state index in [0.29, 0.717) is 30.4 Å². The van der Waals surface area contributed by atoms with E-state index >= 15 is 0 Å². The summed E-state index contributed by atoms with van der Waals surface area (Å²) in [7, 11) is 1.68. The molecule has 7 nitrogen and oxygen atoms in total. The fourth-order valence-electron chi connectivity index (χ4n) is 4.28. The van der Waals surface area contributed by atoms with Crippen LogP contribution in [0.5, 0.6) is 17.2 Å². The topological polar surface area (TPSA) is 84.6 Å². The molecule has 1 aromatic heterocycles. The highest BCUT2D eigenvalue weighted by Gasteiger charge is 2.26. The third kappa shape index (κ3) is 3.51. The molecule has 0 radical (unpaired) electrons. The van der Waals surface area contributed by atoms with Crippen molar-refractivity contribution in [2.24, 2.45) is 0 Å². The second-order valence-corrected chi connectivity index (χ2v) is 7.68. The number of amides is 2. The molecule has 2 amide bonds. The molecular formula is C23H25N3O4. The molecule has 1 aliphatic heterocycles. The first-order chi connectivity index (χ1) is 14.7. The number of aryl methyl sites for hydroxylation is 1. The van der Waals surface area contributed by atoms with E-state index in [1.165, 1.54) is 10.9 Å². The van der Waals surface area contributed by atoms with Gasteiger partial charge in [0.15, 0.2) is 11.5 Å². The number of carbonyl (C=O) groups excluding carboxylic acids is 1. The normalized spacial score (nSPS) is 17.7. The minimum atomic E-state index is -0.237. The molecule has 2 aliphatic rings. The number of benzene rings is 2. The van der Waals surface area contributed by atoms with Crippen LogP contribution in [0.4, 0.5) is 10.5 Å². The maximum absolute atomic E-state index is 12.7. The summed E-state index contributed by atoms with van der Waals surface area (Å²) in [6.45, 7) is 1.25. The number of urea groups is 1. The van der Waals surface area contributed by atoms with Crippen molar-refractivity contribution in [1.82, 2.24) is 10.3 Å². The monoisotopic (exact) mass is 407 g/mol. The fraction of sp³-hybridized carbons (Fsp3) is 0.348. The maximum Gasteiger partial charge on any atom is 0.319 e. The van der Waals surface area contributed by atoms with Gasteiger partial charge < -0.3 is 29.8 Å². The lowest BCUT2D eigenvalue weighted by Crippen LogP contribution is -2.34. The number of carbonyl (C=O) groups is 1. The zero-order chi connectivity index (χ0) is 20.5. The Kier molecular flexibility index (Phi) is 4.86. The zero-order valence-corrected chi connectivity index (χ0v) is 16.9. The standard InChI is InChI=1S/C23H25N3O4/c1-28-15-7-8-18-17(13-15)16-4-2-5-19(22(16)25-18)26-23(27)24-14-6-9-20-21(12-14)30-11-3-10-29-20/h6-9,12-13,19,25H,2-5,10-11H2,1H3,(H2,24,26,27). The van der Waals surface area contributed by atoms with Gasteiger partial charge in [-0.15, -0.1) is 0 Å². The van der Waals surface area contributed by atoms with Crippen LogP contribution >= 0.6 is 0 Å². The Labute approximate surface area is 174 Å². The van der Waals surface area contributed by atoms with Crippen molar-refractivity contribution in [2.75, 3.05) is 25.6 Å². The van der Waals surface area contributed by atoms with Gasteiger partial charge in [0.1, 0.15) is 5.75 Å². The molecule has 0 fully saturated rings. The van der Waals surface area contributed by atoms with E-state index in [-0.39, 0.29) is 12.1 Å². The number of rotatable bonds is 3. The summed E-state index contributed by atoms with van der Waals surface area (Å²) in [5, 5.41) is 7.21. The molecule has 0 bridgehead atoms. The number of methoxy groups -OCH3 is 1. The number of nitrogens with one attached hydrogen (secondary N) is 3. The van der Waals surface area contributed by atoms with Crippen LogP contribution < -0.4 is 24.8 Å². The molecule has 156 valence electrons. The summed E-state index contributed by atoms with van der Waals surface area (Å²) in [4.78, 5) is 16.2. The van der Waals surface area contributed by atoms with Crippen molar-refractivity contribution in [1.29, 1.82) is 0 Å². The average molecular weight is 407 g/mol. The Hall–Kier alpha value is -3.35. The van der Waals surface area contributed by atoms with E-state index in [1.54, 1.807) is 7.11 Å². The number of hydrogen-bond acceptors (Lipinski definition) is 4. The Bertz CT molecular complexity index is 1090. The van der Waals surface area contributed by atoms with Gasteiger partial charge in [-0.25, -0.2) is 4.79 Å². The van der Waals surface area contributed by atoms with E-state index in [1.807, 2.05) is 30.3 Å². The summed E-state index contributed by atoms with van der Waals surface area (Å²) < 4.78 is 16.7. The number of anilines is 1. The minimum absolute atomic E-state index is 0.0624. The van der Waals surface area contributed by atoms with Crippen LogP contribution in [0.3, 0.4) is 0 Å². The van der Waals surface area contributed by atoms with E-state index in [2.05, 4.69) is 21.7 Å². The van der Waals surface area contributed by atoms with Crippen molar-refractivity contribution in [2.45, 2.75) is 31.7 Å². The molecule has 1 aliphatic carbocycles. The highest BCUT2D eigenvalue weighted by molar-refractivity contribution is 5.91. The first-order valence-corrected chi connectivity index (χ1v) is 10.4. The molecule has 7 heteroatoms. The van der Waals surface area contributed by atoms with Crippen LogP contribution in [0.1, 0.15) is 36.6 Å². The first-order valence-electron chi connectivity index (χ1n) is 10.4. The summed E-state index contributed by atoms with van der Waals surface area (Å²) in [5.74, 6) is 2.21. The second kappa shape index (κ2) is 7.82. The van der Waals surface area contributed by atoms with Crippen LogP contribution in [0.15, 0.2) is 36.4 Å². The Morgan fingerprint density at radius 2 is 1.97 bits per heavy atom. The van der Waals surface area contributed by atoms with Crippen LogP contribution in [-0.2, 0) is 6.42 Å². The molecule has 3 N–H and O–H groups in total. The van der Waals surface area contributed by atoms with Crippen molar-refractivity contribution in [3.05, 3.63) is 47.7 Å². The summed E-state index contributed by atoms with van der Waals surface area (Å²) in [6.07, 6.45) is 3.75. The predicted molar refractivity (Wildman–Crippen MR) is 115 cm³/mol. The fourth-order valence-corrected chi connectivity index (χ4v) is 4.28. The van der Waals surface area contributed by atoms with Gasteiger partial charge in [-0.1, -0.05) is 0 Å². The van der Waals surface area contributed by atoms with Crippen molar-refractivity contribution < 1.29 is 19.0 Å². The number of fused-ring (bicyclic) bond motifs is 4. The number of aromatic amines is 1. The zero-order valence-electron chi connectivity index (χ0n) is 16.9. The van der Waals surface area contributed by atoms with E-state index in [9.17, 15) is 4.79 Å². The first kappa shape index (κ1) is 18.7. The van der Waals surface area contributed by atoms with Gasteiger partial charge >= 0.3 is 6.03 Å². The molecule has 2 heterocycles. The van der Waals surface area contributed by atoms with Gasteiger partial charge in [0.2, 0.25) is 0 Å². The van der Waals surface area contributed by atoms with E-state index in [4.69, 9.17) is 14.2 Å². The predicted octanol–water partition coefficient (Wildman–Crippen LogP) is 4.54. The SMILES string of the molecule is COc1ccc2[nH]c3c(c2c1)CCCC3NC(=O)Nc1ccc2c(c1)OCCCO2. The van der Waals surface area contributed by atoms with Crippen molar-refractivity contribution in [3.8, 4) is 17.2 Å². The van der Waals surface area contributed by atoms with Crippen molar-refractivity contribution >= 4 is 22.6 Å². The van der Waals surface area contributed by atoms with Gasteiger partial charge in [0.05, 0.1) is 26.4 Å². The second-order valence-electron chi connectivity index (χ2n) is 7.68. The maximum atomic E-state index is 12.7. The van der Waals surface area contributed by atoms with Gasteiger partial charge in [-0.2, -0.15) is 0 Å². The lowest BCUT2D eigenvalue weighted by atomic mass is 9.92. The van der Waals surface area contributed by atoms with Gasteiger partial charge in [-0.05, 0) is 55.2 Å². The summed E-state index contributed by atoms with van der Waals surface area (Å²) in [5.41, 5.74) is 4.08. The molecule has 5 rings (SSSR count). The lowest BCUT2D eigenvalue weighted by molar-refractivity contribution is 0.247. The third-order valence-corrected chi connectivity index (χ3v) is 5.73. The Balaban J connectivity index is 1.33. The third-order valence-electron chi connectivity index (χ3n) is 5.73. The van der Waals surface area contributed by atoms with E-state index < -0.39 is 0 Å². The molecule has 0 spiro atoms. The molecule has 1 unspecified atom stereocenters. The number of H-pyrrole nitrogens is 1. The van der Waals surface area contributed by atoms with E-state index in [0.717, 1.165) is 42.6 Å². The molecule has 30 heavy (non-hydrogen) atoms. The highest BCUT2D eigenvalue weighted by Crippen LogP contribution is 2.36. The van der Waals surface area contributed by atoms with Crippen molar-refractivity contribution in [3.63, 3.8) is 0 Å². The Morgan fingerprint density at radius 3 is 2.83 bits per heavy atom. The lowest BCUT2D eigenvalue weighted by Gasteiger charge is -2.24. The molecule has 0 saturated carbocycles. The van der Waals surface area contributed by atoms with Crippen LogP contribution in [-0.4, -0.2) is 31.3 Å². The number of ether oxygens (including phenoxy) is 3. The quantitative estimate of drug-likeness (QED) is 0.595. The molecule has 3 aromatic rings. The molecular weight excluding hydrogens is 382 g/mol. The van der Waals surface area contributed by atoms with Crippen LogP contribution in [0.2, 0.25) is 0 Å². The van der Waals surface area contributed by atoms with Gasteiger partial charge in [0.25, 0.3) is 0 Å². The Morgan fingerprint density at radius 1 is 1.10 bits per heavy atom. The number of hydrogen-bond donors (Lipinski definition) is 3. The van der Waals surface area contributed by atoms with Gasteiger partial charge in [0, 0.05) is 34.8 Å². The molecule has 2 aromatic carbocycles. The summed E-state index contributed by atoms with van der Waals surface area (Å²) in [6, 6.07) is 11.2. The van der Waals surface area contributed by atoms with Crippen LogP contribution in [0, 0.1) is 0 Å². The largest absolute Gasteiger partial charge is 0.497 e.